The van der Waals surface area contributed by atoms with Gasteiger partial charge in [-0.3, -0.25) is 4.90 Å². The van der Waals surface area contributed by atoms with Crippen molar-refractivity contribution < 1.29 is 23.1 Å². The average Bonchev–Trinajstić information content (AvgIpc) is 3.18. The van der Waals surface area contributed by atoms with Gasteiger partial charge in [0, 0.05) is 58.7 Å². The molecule has 0 amide bonds. The molecule has 3 atom stereocenters. The summed E-state index contributed by atoms with van der Waals surface area (Å²) in [6, 6.07) is 13.3. The molecule has 1 aliphatic heterocycles. The summed E-state index contributed by atoms with van der Waals surface area (Å²) in [5, 5.41) is 9.90. The third kappa shape index (κ3) is 4.32. The Bertz CT molecular complexity index is 1390. The summed E-state index contributed by atoms with van der Waals surface area (Å²) in [7, 11) is 0. The summed E-state index contributed by atoms with van der Waals surface area (Å²) < 4.78 is 45.8. The van der Waals surface area contributed by atoms with Gasteiger partial charge in [0.2, 0.25) is 0 Å². The van der Waals surface area contributed by atoms with Gasteiger partial charge in [0.1, 0.15) is 17.5 Å². The van der Waals surface area contributed by atoms with Gasteiger partial charge in [0.25, 0.3) is 0 Å². The van der Waals surface area contributed by atoms with Gasteiger partial charge >= 0.3 is 5.97 Å². The topological polar surface area (TPSA) is 56.3 Å². The molecular weight excluding hydrogens is 453 g/mol. The number of aromatic amines is 1. The van der Waals surface area contributed by atoms with Crippen LogP contribution in [0.4, 0.5) is 13.2 Å². The van der Waals surface area contributed by atoms with Crippen molar-refractivity contribution >= 4 is 16.9 Å². The van der Waals surface area contributed by atoms with Gasteiger partial charge in [-0.2, -0.15) is 0 Å². The highest BCUT2D eigenvalue weighted by Gasteiger charge is 2.41. The number of carboxylic acid groups (broad SMARTS) is 1. The molecule has 2 aliphatic rings. The Hall–Kier alpha value is -3.58. The molecule has 3 aromatic rings. The number of para-hydroxylation sites is 1. The molecule has 1 unspecified atom stereocenters. The molecule has 0 saturated carbocycles. The lowest BCUT2D eigenvalue weighted by atomic mass is 9.83. The van der Waals surface area contributed by atoms with E-state index < -0.39 is 29.6 Å². The van der Waals surface area contributed by atoms with Crippen LogP contribution < -0.4 is 0 Å². The molecule has 180 valence electrons. The molecule has 1 aromatic heterocycles. The third-order valence-electron chi connectivity index (χ3n) is 6.91. The van der Waals surface area contributed by atoms with Crippen LogP contribution in [0.1, 0.15) is 36.2 Å². The zero-order valence-electron chi connectivity index (χ0n) is 19.1. The van der Waals surface area contributed by atoms with Gasteiger partial charge in [-0.25, -0.2) is 18.0 Å². The number of benzene rings is 2. The van der Waals surface area contributed by atoms with Crippen LogP contribution in [-0.2, 0) is 17.8 Å². The van der Waals surface area contributed by atoms with Gasteiger partial charge in [-0.1, -0.05) is 42.5 Å². The molecule has 0 saturated heterocycles. The lowest BCUT2D eigenvalue weighted by molar-refractivity contribution is -0.131. The molecule has 5 rings (SSSR count). The largest absolute Gasteiger partial charge is 0.478 e. The minimum Gasteiger partial charge on any atom is -0.478 e. The molecule has 35 heavy (non-hydrogen) atoms. The minimum absolute atomic E-state index is 0.0827. The molecule has 1 aliphatic carbocycles. The summed E-state index contributed by atoms with van der Waals surface area (Å²) in [4.78, 5) is 16.2. The van der Waals surface area contributed by atoms with E-state index in [1.807, 2.05) is 36.1 Å². The van der Waals surface area contributed by atoms with Crippen LogP contribution in [0.5, 0.6) is 0 Å². The minimum atomic E-state index is -1.17. The number of carbonyl (C=O) groups is 1. The van der Waals surface area contributed by atoms with E-state index in [0.717, 1.165) is 22.5 Å². The van der Waals surface area contributed by atoms with Crippen LogP contribution in [0.25, 0.3) is 10.9 Å². The molecule has 2 aromatic carbocycles. The molecular formula is C28H25F3N2O2. The van der Waals surface area contributed by atoms with Crippen LogP contribution in [-0.4, -0.2) is 27.0 Å². The van der Waals surface area contributed by atoms with E-state index in [9.17, 15) is 9.18 Å². The number of carboxylic acids is 1. The molecule has 0 bridgehead atoms. The number of aromatic nitrogens is 1. The molecule has 7 heteroatoms. The molecule has 4 nitrogen and oxygen atoms in total. The van der Waals surface area contributed by atoms with Crippen molar-refractivity contribution in [2.75, 3.05) is 0 Å². The monoisotopic (exact) mass is 478 g/mol. The van der Waals surface area contributed by atoms with E-state index in [-0.39, 0.29) is 30.4 Å². The lowest BCUT2D eigenvalue weighted by Gasteiger charge is -2.42. The smallest absolute Gasteiger partial charge is 0.327 e. The maximum absolute atomic E-state index is 15.6. The highest BCUT2D eigenvalue weighted by Crippen LogP contribution is 2.47. The highest BCUT2D eigenvalue weighted by atomic mass is 19.1. The first-order chi connectivity index (χ1) is 16.8. The average molecular weight is 479 g/mol. The van der Waals surface area contributed by atoms with Gasteiger partial charge in [0.15, 0.2) is 0 Å². The maximum Gasteiger partial charge on any atom is 0.327 e. The van der Waals surface area contributed by atoms with Crippen molar-refractivity contribution in [2.45, 2.75) is 38.4 Å². The fourth-order valence-electron chi connectivity index (χ4n) is 5.28. The number of nitrogens with zero attached hydrogens (tertiary/aromatic N) is 1. The molecule has 0 radical (unpaired) electrons. The van der Waals surface area contributed by atoms with Crippen LogP contribution in [0.15, 0.2) is 84.0 Å². The lowest BCUT2D eigenvalue weighted by Crippen LogP contribution is -2.43. The zero-order chi connectivity index (χ0) is 24.7. The molecule has 2 N–H and O–H groups in total. The number of fused-ring (bicyclic) bond motifs is 3. The normalized spacial score (nSPS) is 23.1. The summed E-state index contributed by atoms with van der Waals surface area (Å²) >= 11 is 0. The number of hydrogen-bond donors (Lipinski definition) is 2. The Morgan fingerprint density at radius 1 is 1.11 bits per heavy atom. The SMILES string of the molecule is C[C@@H]1Cc2c([nH]c3ccccc23)[C@@H](C2=C(F)CC(/C=C/C(=O)O)C=C2F)N1Cc1ccccc1F. The summed E-state index contributed by atoms with van der Waals surface area (Å²) in [6.07, 6.45) is 3.96. The zero-order valence-corrected chi connectivity index (χ0v) is 19.1. The number of H-pyrrole nitrogens is 1. The number of aliphatic carboxylic acids is 1. The van der Waals surface area contributed by atoms with Gasteiger partial charge in [-0.05, 0) is 37.1 Å². The second-order valence-corrected chi connectivity index (χ2v) is 9.18. The predicted octanol–water partition coefficient (Wildman–Crippen LogP) is 6.53. The van der Waals surface area contributed by atoms with E-state index in [1.165, 1.54) is 18.2 Å². The second kappa shape index (κ2) is 9.23. The molecule has 0 spiro atoms. The Morgan fingerprint density at radius 3 is 2.60 bits per heavy atom. The first-order valence-electron chi connectivity index (χ1n) is 11.6. The number of hydrogen-bond acceptors (Lipinski definition) is 2. The van der Waals surface area contributed by atoms with Crippen molar-refractivity contribution in [2.24, 2.45) is 5.92 Å². The Labute approximate surface area is 201 Å². The summed E-state index contributed by atoms with van der Waals surface area (Å²) in [5.41, 5.74) is 2.96. The first-order valence-corrected chi connectivity index (χ1v) is 11.6. The van der Waals surface area contributed by atoms with Gasteiger partial charge in [0.05, 0.1) is 6.04 Å². The Kier molecular flexibility index (Phi) is 6.11. The van der Waals surface area contributed by atoms with Crippen molar-refractivity contribution in [1.29, 1.82) is 0 Å². The fraction of sp³-hybridized carbons (Fsp3) is 0.250. The van der Waals surface area contributed by atoms with Crippen LogP contribution in [0, 0.1) is 11.7 Å². The summed E-state index contributed by atoms with van der Waals surface area (Å²) in [6.45, 7) is 2.17. The van der Waals surface area contributed by atoms with Crippen molar-refractivity contribution in [3.05, 3.63) is 107 Å². The standard InChI is InChI=1S/C28H25F3N2O2/c1-16-12-20-19-7-3-5-9-24(19)32-27(20)28(33(16)15-18-6-2-4-8-21(18)29)26-22(30)13-17(14-23(26)31)10-11-25(34)35/h2-11,13,16-17,28,32H,12,14-15H2,1H3,(H,34,35)/b11-10+/t16-,17?,28-/m1/s1. The maximum atomic E-state index is 15.6. The number of halogens is 3. The molecule has 2 heterocycles. The van der Waals surface area contributed by atoms with Gasteiger partial charge in [-0.15, -0.1) is 0 Å². The van der Waals surface area contributed by atoms with Crippen molar-refractivity contribution in [3.8, 4) is 0 Å². The van der Waals surface area contributed by atoms with Crippen molar-refractivity contribution in [3.63, 3.8) is 0 Å². The van der Waals surface area contributed by atoms with E-state index in [1.54, 1.807) is 18.2 Å². The highest BCUT2D eigenvalue weighted by molar-refractivity contribution is 5.85. The first kappa shape index (κ1) is 23.2. The number of allylic oxidation sites excluding steroid dienone is 3. The van der Waals surface area contributed by atoms with E-state index in [4.69, 9.17) is 5.11 Å². The van der Waals surface area contributed by atoms with Crippen LogP contribution >= 0.6 is 0 Å². The van der Waals surface area contributed by atoms with E-state index in [2.05, 4.69) is 4.98 Å². The quantitative estimate of drug-likeness (QED) is 0.410. The Balaban J connectivity index is 1.63. The third-order valence-corrected chi connectivity index (χ3v) is 6.91. The van der Waals surface area contributed by atoms with Crippen molar-refractivity contribution in [1.82, 2.24) is 9.88 Å². The van der Waals surface area contributed by atoms with E-state index in [0.29, 0.717) is 17.7 Å². The predicted molar refractivity (Wildman–Crippen MR) is 128 cm³/mol. The Morgan fingerprint density at radius 2 is 1.86 bits per heavy atom. The number of rotatable bonds is 5. The molecule has 0 fully saturated rings. The van der Waals surface area contributed by atoms with Crippen LogP contribution in [0.2, 0.25) is 0 Å². The second-order valence-electron chi connectivity index (χ2n) is 9.18. The van der Waals surface area contributed by atoms with E-state index >= 15 is 8.78 Å². The fourth-order valence-corrected chi connectivity index (χ4v) is 5.28. The summed E-state index contributed by atoms with van der Waals surface area (Å²) in [5.74, 6) is -3.59. The van der Waals surface area contributed by atoms with Gasteiger partial charge < -0.3 is 10.1 Å². The number of nitrogens with one attached hydrogen (secondary N) is 1. The van der Waals surface area contributed by atoms with Crippen LogP contribution in [0.3, 0.4) is 0 Å².